The zero-order chi connectivity index (χ0) is 10.6. The summed E-state index contributed by atoms with van der Waals surface area (Å²) in [6.07, 6.45) is 0. The topological polar surface area (TPSA) is 43.7 Å². The van der Waals surface area contributed by atoms with Gasteiger partial charge in [0.05, 0.1) is 0 Å². The minimum absolute atomic E-state index is 0.618. The molecule has 0 aromatic carbocycles. The predicted molar refractivity (Wildman–Crippen MR) is 60.8 cm³/mol. The monoisotopic (exact) mass is 213 g/mol. The molecule has 0 aliphatic rings. The second-order valence-corrected chi connectivity index (χ2v) is 4.14. The van der Waals surface area contributed by atoms with E-state index in [2.05, 4.69) is 18.7 Å². The number of thiophene rings is 1. The summed E-state index contributed by atoms with van der Waals surface area (Å²) in [7, 11) is -1.33. The third-order valence-corrected chi connectivity index (χ3v) is 3.25. The van der Waals surface area contributed by atoms with Gasteiger partial charge < -0.3 is 10.0 Å². The molecule has 0 fully saturated rings. The van der Waals surface area contributed by atoms with Crippen LogP contribution in [0.25, 0.3) is 0 Å². The highest BCUT2D eigenvalue weighted by Crippen LogP contribution is 2.08. The molecule has 0 aliphatic heterocycles. The van der Waals surface area contributed by atoms with E-state index in [4.69, 9.17) is 10.0 Å². The lowest BCUT2D eigenvalue weighted by atomic mass is 9.89. The van der Waals surface area contributed by atoms with Crippen molar-refractivity contribution in [3.8, 4) is 0 Å². The number of hydrogen-bond acceptors (Lipinski definition) is 4. The average Bonchev–Trinajstić information content (AvgIpc) is 2.62. The molecule has 0 radical (unpaired) electrons. The van der Waals surface area contributed by atoms with Crippen LogP contribution in [0, 0.1) is 0 Å². The fourth-order valence-corrected chi connectivity index (χ4v) is 2.09. The Labute approximate surface area is 89.1 Å². The van der Waals surface area contributed by atoms with E-state index in [0.29, 0.717) is 4.78 Å². The Kier molecular flexibility index (Phi) is 4.61. The Bertz CT molecular complexity index is 274. The molecule has 14 heavy (non-hydrogen) atoms. The summed E-state index contributed by atoms with van der Waals surface area (Å²) >= 11 is 1.39. The molecule has 3 nitrogen and oxygen atoms in total. The molecule has 2 N–H and O–H groups in total. The SMILES string of the molecule is CCN(CC)Cc1csc(B(O)O)c1. The molecule has 0 amide bonds. The van der Waals surface area contributed by atoms with Gasteiger partial charge in [-0.15, -0.1) is 0 Å². The molecule has 0 aliphatic carbocycles. The molecule has 0 atom stereocenters. The van der Waals surface area contributed by atoms with Crippen molar-refractivity contribution in [2.75, 3.05) is 13.1 Å². The largest absolute Gasteiger partial charge is 0.499 e. The van der Waals surface area contributed by atoms with Gasteiger partial charge in [0.1, 0.15) is 0 Å². The summed E-state index contributed by atoms with van der Waals surface area (Å²) in [6.45, 7) is 7.16. The number of hydrogen-bond donors (Lipinski definition) is 2. The van der Waals surface area contributed by atoms with Crippen LogP contribution in [-0.4, -0.2) is 35.2 Å². The third-order valence-electron chi connectivity index (χ3n) is 2.23. The van der Waals surface area contributed by atoms with E-state index in [1.54, 1.807) is 0 Å². The van der Waals surface area contributed by atoms with E-state index in [1.165, 1.54) is 11.3 Å². The quantitative estimate of drug-likeness (QED) is 0.690. The summed E-state index contributed by atoms with van der Waals surface area (Å²) in [4.78, 5) is 2.29. The van der Waals surface area contributed by atoms with Crippen molar-refractivity contribution in [1.29, 1.82) is 0 Å². The zero-order valence-corrected chi connectivity index (χ0v) is 9.42. The van der Waals surface area contributed by atoms with Crippen molar-refractivity contribution < 1.29 is 10.0 Å². The van der Waals surface area contributed by atoms with Gasteiger partial charge in [0.15, 0.2) is 0 Å². The van der Waals surface area contributed by atoms with Crippen LogP contribution in [0.5, 0.6) is 0 Å². The third kappa shape index (κ3) is 3.10. The van der Waals surface area contributed by atoms with Gasteiger partial charge in [-0.1, -0.05) is 13.8 Å². The Morgan fingerprint density at radius 2 is 2.00 bits per heavy atom. The predicted octanol–water partition coefficient (Wildman–Crippen LogP) is 0.270. The van der Waals surface area contributed by atoms with Crippen molar-refractivity contribution in [1.82, 2.24) is 4.90 Å². The van der Waals surface area contributed by atoms with Gasteiger partial charge in [-0.2, -0.15) is 11.3 Å². The molecule has 1 rings (SSSR count). The lowest BCUT2D eigenvalue weighted by molar-refractivity contribution is 0.296. The van der Waals surface area contributed by atoms with Gasteiger partial charge in [0.2, 0.25) is 0 Å². The lowest BCUT2D eigenvalue weighted by Crippen LogP contribution is -2.27. The summed E-state index contributed by atoms with van der Waals surface area (Å²) in [5, 5.41) is 19.9. The van der Waals surface area contributed by atoms with E-state index >= 15 is 0 Å². The fourth-order valence-electron chi connectivity index (χ4n) is 1.32. The van der Waals surface area contributed by atoms with Crippen LogP contribution < -0.4 is 4.78 Å². The lowest BCUT2D eigenvalue weighted by Gasteiger charge is -2.16. The van der Waals surface area contributed by atoms with E-state index in [9.17, 15) is 0 Å². The molecule has 1 heterocycles. The molecule has 0 spiro atoms. The Morgan fingerprint density at radius 1 is 1.36 bits per heavy atom. The molecule has 0 saturated carbocycles. The first-order chi connectivity index (χ1) is 6.67. The van der Waals surface area contributed by atoms with E-state index in [1.807, 2.05) is 11.4 Å². The normalized spacial score (nSPS) is 10.9. The molecular formula is C9H16BNO2S. The molecule has 5 heteroatoms. The van der Waals surface area contributed by atoms with Crippen molar-refractivity contribution in [2.45, 2.75) is 20.4 Å². The van der Waals surface area contributed by atoms with Gasteiger partial charge in [0, 0.05) is 11.3 Å². The Morgan fingerprint density at radius 3 is 2.43 bits per heavy atom. The van der Waals surface area contributed by atoms with Crippen molar-refractivity contribution >= 4 is 23.2 Å². The van der Waals surface area contributed by atoms with Crippen molar-refractivity contribution in [2.24, 2.45) is 0 Å². The Hall–Kier alpha value is -0.355. The molecule has 1 aromatic heterocycles. The maximum absolute atomic E-state index is 8.94. The van der Waals surface area contributed by atoms with Crippen LogP contribution in [0.1, 0.15) is 19.4 Å². The summed E-state index contributed by atoms with van der Waals surface area (Å²) in [5.74, 6) is 0. The highest BCUT2D eigenvalue weighted by atomic mass is 32.1. The van der Waals surface area contributed by atoms with Crippen LogP contribution in [0.4, 0.5) is 0 Å². The first-order valence-corrected chi connectivity index (χ1v) is 5.71. The van der Waals surface area contributed by atoms with Crippen LogP contribution in [0.15, 0.2) is 11.4 Å². The van der Waals surface area contributed by atoms with Crippen LogP contribution in [-0.2, 0) is 6.54 Å². The highest BCUT2D eigenvalue weighted by Gasteiger charge is 2.14. The second-order valence-electron chi connectivity index (χ2n) is 3.19. The Balaban J connectivity index is 2.58. The maximum Gasteiger partial charge on any atom is 0.499 e. The highest BCUT2D eigenvalue weighted by molar-refractivity contribution is 7.20. The summed E-state index contributed by atoms with van der Waals surface area (Å²) in [6, 6.07) is 1.85. The standard InChI is InChI=1S/C9H16BNO2S/c1-3-11(4-2)6-8-5-9(10(12)13)14-7-8/h5,7,12-13H,3-4,6H2,1-2H3. The molecule has 0 bridgehead atoms. The molecule has 0 saturated heterocycles. The molecule has 0 unspecified atom stereocenters. The number of nitrogens with zero attached hydrogens (tertiary/aromatic N) is 1. The van der Waals surface area contributed by atoms with Crippen molar-refractivity contribution in [3.63, 3.8) is 0 Å². The summed E-state index contributed by atoms with van der Waals surface area (Å²) < 4.78 is 0.618. The van der Waals surface area contributed by atoms with Gasteiger partial charge in [-0.3, -0.25) is 4.90 Å². The minimum atomic E-state index is -1.33. The molecule has 1 aromatic rings. The van der Waals surface area contributed by atoms with E-state index in [-0.39, 0.29) is 0 Å². The molecular weight excluding hydrogens is 197 g/mol. The van der Waals surface area contributed by atoms with Crippen molar-refractivity contribution in [3.05, 3.63) is 17.0 Å². The van der Waals surface area contributed by atoms with E-state index in [0.717, 1.165) is 25.2 Å². The minimum Gasteiger partial charge on any atom is -0.423 e. The van der Waals surface area contributed by atoms with Gasteiger partial charge in [-0.05, 0) is 30.1 Å². The second kappa shape index (κ2) is 5.51. The maximum atomic E-state index is 8.94. The van der Waals surface area contributed by atoms with Crippen LogP contribution in [0.3, 0.4) is 0 Å². The average molecular weight is 213 g/mol. The van der Waals surface area contributed by atoms with Crippen LogP contribution in [0.2, 0.25) is 0 Å². The fraction of sp³-hybridized carbons (Fsp3) is 0.556. The van der Waals surface area contributed by atoms with Gasteiger partial charge in [0.25, 0.3) is 0 Å². The first-order valence-electron chi connectivity index (χ1n) is 4.83. The summed E-state index contributed by atoms with van der Waals surface area (Å²) in [5.41, 5.74) is 1.15. The van der Waals surface area contributed by atoms with Gasteiger partial charge in [-0.25, -0.2) is 0 Å². The van der Waals surface area contributed by atoms with E-state index < -0.39 is 7.12 Å². The first kappa shape index (κ1) is 11.7. The number of rotatable bonds is 5. The molecule has 78 valence electrons. The van der Waals surface area contributed by atoms with Crippen LogP contribution >= 0.6 is 11.3 Å². The van der Waals surface area contributed by atoms with Gasteiger partial charge >= 0.3 is 7.12 Å². The smallest absolute Gasteiger partial charge is 0.423 e. The zero-order valence-electron chi connectivity index (χ0n) is 8.60.